The maximum atomic E-state index is 14.5. The second kappa shape index (κ2) is 9.05. The summed E-state index contributed by atoms with van der Waals surface area (Å²) >= 11 is 0. The van der Waals surface area contributed by atoms with Crippen molar-refractivity contribution in [1.29, 1.82) is 0 Å². The van der Waals surface area contributed by atoms with Gasteiger partial charge >= 0.3 is 0 Å². The molecule has 0 aliphatic carbocycles. The third-order valence-electron chi connectivity index (χ3n) is 8.95. The van der Waals surface area contributed by atoms with Gasteiger partial charge in [0.2, 0.25) is 0 Å². The molecule has 0 aliphatic rings. The Hall–Kier alpha value is -4.89. The van der Waals surface area contributed by atoms with Gasteiger partial charge in [-0.1, -0.05) is 118 Å². The van der Waals surface area contributed by atoms with Gasteiger partial charge in [0.1, 0.15) is 0 Å². The number of hydrogen-bond acceptors (Lipinski definition) is 0. The fraction of sp³-hybridized carbons (Fsp3) is 0.100. The highest BCUT2D eigenvalue weighted by Gasteiger charge is 2.23. The Kier molecular flexibility index (Phi) is 5.43. The van der Waals surface area contributed by atoms with Gasteiger partial charge in [-0.3, -0.25) is 0 Å². The van der Waals surface area contributed by atoms with Crippen molar-refractivity contribution in [3.8, 4) is 22.3 Å². The summed E-state index contributed by atoms with van der Waals surface area (Å²) in [7, 11) is 0. The molecular weight excluding hydrogens is 537 g/mol. The molecule has 0 atom stereocenters. The lowest BCUT2D eigenvalue weighted by Crippen LogP contribution is -2.11. The van der Waals surface area contributed by atoms with Gasteiger partial charge in [0.05, 0.1) is 0 Å². The molecule has 0 unspecified atom stereocenters. The van der Waals surface area contributed by atoms with Crippen molar-refractivity contribution < 1.29 is 13.2 Å². The molecule has 0 fully saturated rings. The van der Waals surface area contributed by atoms with Crippen LogP contribution in [0.4, 0.5) is 13.2 Å². The first-order valence-electron chi connectivity index (χ1n) is 14.5. The Morgan fingerprint density at radius 1 is 0.465 bits per heavy atom. The van der Waals surface area contributed by atoms with Crippen LogP contribution in [0.3, 0.4) is 0 Å². The minimum absolute atomic E-state index is 0.00726. The standard InChI is InChI=1S/C40H27F3/c1-40(2,3)32-19-15-23-12-16-29-30(17-13-22-14-18-31(32)37(23)36(22)29)38-27-10-6-4-8-25(27)35(26-9-5-7-11-28(26)38)24-20-33(41)39(43)34(42)21-24/h4-21H,1-3H3. The minimum Gasteiger partial charge on any atom is -0.204 e. The van der Waals surface area contributed by atoms with E-state index >= 15 is 0 Å². The molecule has 208 valence electrons. The number of rotatable bonds is 2. The first-order valence-corrected chi connectivity index (χ1v) is 14.5. The van der Waals surface area contributed by atoms with E-state index in [1.807, 2.05) is 36.4 Å². The molecule has 0 amide bonds. The molecule has 0 saturated heterocycles. The Morgan fingerprint density at radius 2 is 0.930 bits per heavy atom. The predicted octanol–water partition coefficient (Wildman–Crippen LogP) is 11.9. The van der Waals surface area contributed by atoms with Crippen LogP contribution in [0.1, 0.15) is 26.3 Å². The molecule has 3 heteroatoms. The van der Waals surface area contributed by atoms with Gasteiger partial charge in [0.15, 0.2) is 17.5 Å². The van der Waals surface area contributed by atoms with Gasteiger partial charge in [-0.2, -0.15) is 0 Å². The third kappa shape index (κ3) is 3.71. The van der Waals surface area contributed by atoms with Crippen molar-refractivity contribution in [2.24, 2.45) is 0 Å². The zero-order valence-electron chi connectivity index (χ0n) is 24.0. The van der Waals surface area contributed by atoms with Crippen LogP contribution in [0.2, 0.25) is 0 Å². The van der Waals surface area contributed by atoms with Crippen molar-refractivity contribution in [2.45, 2.75) is 26.2 Å². The Morgan fingerprint density at radius 3 is 1.49 bits per heavy atom. The van der Waals surface area contributed by atoms with E-state index in [2.05, 4.69) is 81.4 Å². The molecule has 0 bridgehead atoms. The molecule has 8 aromatic carbocycles. The zero-order valence-corrected chi connectivity index (χ0v) is 24.0. The summed E-state index contributed by atoms with van der Waals surface area (Å²) in [6.45, 7) is 6.76. The average Bonchev–Trinajstić information content (AvgIpc) is 3.00. The van der Waals surface area contributed by atoms with Crippen LogP contribution < -0.4 is 0 Å². The maximum absolute atomic E-state index is 14.5. The lowest BCUT2D eigenvalue weighted by Gasteiger charge is -2.24. The topological polar surface area (TPSA) is 0 Å². The first-order chi connectivity index (χ1) is 20.7. The predicted molar refractivity (Wildman–Crippen MR) is 175 cm³/mol. The molecule has 0 spiro atoms. The third-order valence-corrected chi connectivity index (χ3v) is 8.95. The van der Waals surface area contributed by atoms with Gasteiger partial charge < -0.3 is 0 Å². The van der Waals surface area contributed by atoms with E-state index in [0.29, 0.717) is 11.1 Å². The highest BCUT2D eigenvalue weighted by Crippen LogP contribution is 2.48. The van der Waals surface area contributed by atoms with Crippen molar-refractivity contribution in [2.75, 3.05) is 0 Å². The molecule has 0 radical (unpaired) electrons. The van der Waals surface area contributed by atoms with Crippen molar-refractivity contribution in [3.63, 3.8) is 0 Å². The van der Waals surface area contributed by atoms with E-state index in [1.165, 1.54) is 32.5 Å². The fourth-order valence-corrected chi connectivity index (χ4v) is 7.10. The number of benzene rings is 8. The zero-order chi connectivity index (χ0) is 29.6. The van der Waals surface area contributed by atoms with Gasteiger partial charge in [-0.25, -0.2) is 13.2 Å². The summed E-state index contributed by atoms with van der Waals surface area (Å²) in [5.74, 6) is -3.86. The van der Waals surface area contributed by atoms with E-state index in [9.17, 15) is 13.2 Å². The Balaban J connectivity index is 1.53. The van der Waals surface area contributed by atoms with E-state index in [-0.39, 0.29) is 5.41 Å². The molecule has 0 heterocycles. The molecule has 8 rings (SSSR count). The van der Waals surface area contributed by atoms with E-state index in [4.69, 9.17) is 0 Å². The Labute approximate surface area is 247 Å². The molecule has 0 saturated carbocycles. The van der Waals surface area contributed by atoms with Crippen LogP contribution in [-0.4, -0.2) is 0 Å². The summed E-state index contributed by atoms with van der Waals surface area (Å²) in [5.41, 5.74) is 4.46. The summed E-state index contributed by atoms with van der Waals surface area (Å²) in [6, 6.07) is 35.9. The SMILES string of the molecule is CC(C)(C)c1ccc2ccc3c(-c4c5ccccc5c(-c5cc(F)c(F)c(F)c5)c5ccccc45)ccc4ccc1c2c43. The van der Waals surface area contributed by atoms with Gasteiger partial charge in [-0.05, 0) is 99.2 Å². The number of hydrogen-bond donors (Lipinski definition) is 0. The second-order valence-electron chi connectivity index (χ2n) is 12.5. The van der Waals surface area contributed by atoms with Crippen LogP contribution in [0, 0.1) is 17.5 Å². The maximum Gasteiger partial charge on any atom is 0.194 e. The number of halogens is 3. The summed E-state index contributed by atoms with van der Waals surface area (Å²) in [5, 5.41) is 11.0. The summed E-state index contributed by atoms with van der Waals surface area (Å²) < 4.78 is 43.1. The van der Waals surface area contributed by atoms with E-state index in [0.717, 1.165) is 50.2 Å². The molecule has 8 aromatic rings. The van der Waals surface area contributed by atoms with Gasteiger partial charge in [0, 0.05) is 0 Å². The molecule has 0 nitrogen and oxygen atoms in total. The van der Waals surface area contributed by atoms with Crippen molar-refractivity contribution in [1.82, 2.24) is 0 Å². The second-order valence-corrected chi connectivity index (χ2v) is 12.5. The monoisotopic (exact) mass is 564 g/mol. The van der Waals surface area contributed by atoms with Crippen molar-refractivity contribution >= 4 is 53.9 Å². The fourth-order valence-electron chi connectivity index (χ4n) is 7.10. The average molecular weight is 565 g/mol. The molecule has 43 heavy (non-hydrogen) atoms. The molecular formula is C40H27F3. The van der Waals surface area contributed by atoms with Crippen molar-refractivity contribution in [3.05, 3.63) is 132 Å². The molecule has 0 aliphatic heterocycles. The smallest absolute Gasteiger partial charge is 0.194 e. The highest BCUT2D eigenvalue weighted by molar-refractivity contribution is 6.29. The lowest BCUT2D eigenvalue weighted by atomic mass is 9.80. The van der Waals surface area contributed by atoms with Crippen LogP contribution >= 0.6 is 0 Å². The normalized spacial score (nSPS) is 12.4. The summed E-state index contributed by atoms with van der Waals surface area (Å²) in [6.07, 6.45) is 0. The Bertz CT molecular complexity index is 2330. The van der Waals surface area contributed by atoms with Crippen LogP contribution in [0.25, 0.3) is 76.1 Å². The van der Waals surface area contributed by atoms with Gasteiger partial charge in [0.25, 0.3) is 0 Å². The number of fused-ring (bicyclic) bond motifs is 2. The largest absolute Gasteiger partial charge is 0.204 e. The first kappa shape index (κ1) is 25.8. The summed E-state index contributed by atoms with van der Waals surface area (Å²) in [4.78, 5) is 0. The quantitative estimate of drug-likeness (QED) is 0.111. The van der Waals surface area contributed by atoms with E-state index in [1.54, 1.807) is 0 Å². The molecule has 0 N–H and O–H groups in total. The molecule has 0 aromatic heterocycles. The minimum atomic E-state index is -1.46. The van der Waals surface area contributed by atoms with Crippen LogP contribution in [0.5, 0.6) is 0 Å². The lowest BCUT2D eigenvalue weighted by molar-refractivity contribution is 0.448. The van der Waals surface area contributed by atoms with Gasteiger partial charge in [-0.15, -0.1) is 0 Å². The van der Waals surface area contributed by atoms with Crippen LogP contribution in [-0.2, 0) is 5.41 Å². The van der Waals surface area contributed by atoms with E-state index < -0.39 is 17.5 Å². The van der Waals surface area contributed by atoms with Crippen LogP contribution in [0.15, 0.2) is 109 Å². The highest BCUT2D eigenvalue weighted by atomic mass is 19.2.